The first-order chi connectivity index (χ1) is 10.7. The molecule has 0 saturated heterocycles. The number of nitrogens with two attached hydrogens (primary N) is 1. The number of nitrogens with zero attached hydrogens (tertiary/aromatic N) is 1. The zero-order valence-corrected chi connectivity index (χ0v) is 13.6. The van der Waals surface area contributed by atoms with Crippen LogP contribution in [-0.2, 0) is 6.42 Å². The lowest BCUT2D eigenvalue weighted by molar-refractivity contribution is 0.0955. The van der Waals surface area contributed by atoms with Gasteiger partial charge >= 0.3 is 0 Å². The average molecular weight is 298 g/mol. The Morgan fingerprint density at radius 3 is 2.86 bits per heavy atom. The second-order valence-electron chi connectivity index (χ2n) is 7.55. The number of benzene rings is 1. The van der Waals surface area contributed by atoms with Crippen LogP contribution in [0.15, 0.2) is 23.3 Å². The van der Waals surface area contributed by atoms with Gasteiger partial charge in [0.15, 0.2) is 0 Å². The van der Waals surface area contributed by atoms with Crippen molar-refractivity contribution in [1.82, 2.24) is 0 Å². The molecule has 3 nitrogen and oxygen atoms in total. The van der Waals surface area contributed by atoms with Crippen molar-refractivity contribution in [1.29, 1.82) is 0 Å². The molecule has 0 spiro atoms. The number of ether oxygens (including phenoxy) is 1. The smallest absolute Gasteiger partial charge is 0.119 e. The Kier molecular flexibility index (Phi) is 3.21. The van der Waals surface area contributed by atoms with Crippen LogP contribution >= 0.6 is 0 Å². The van der Waals surface area contributed by atoms with Gasteiger partial charge in [0.2, 0.25) is 0 Å². The van der Waals surface area contributed by atoms with E-state index < -0.39 is 0 Å². The fraction of sp³-hybridized carbons (Fsp3) is 0.632. The molecule has 2 saturated carbocycles. The summed E-state index contributed by atoms with van der Waals surface area (Å²) in [6.45, 7) is 2.41. The van der Waals surface area contributed by atoms with Gasteiger partial charge in [0.1, 0.15) is 5.75 Å². The molecule has 3 aliphatic carbocycles. The number of rotatable bonds is 1. The van der Waals surface area contributed by atoms with E-state index in [1.165, 1.54) is 43.4 Å². The summed E-state index contributed by atoms with van der Waals surface area (Å²) in [5.74, 6) is 8.97. The highest BCUT2D eigenvalue weighted by Gasteiger charge is 2.53. The van der Waals surface area contributed by atoms with Crippen LogP contribution in [0.3, 0.4) is 0 Å². The van der Waals surface area contributed by atoms with Crippen molar-refractivity contribution in [2.24, 2.45) is 28.2 Å². The molecule has 4 rings (SSSR count). The standard InChI is InChI=1S/C19H26N2O/c1-19-10-9-15-14-6-4-13(22-2)11-12(14)3-5-16(15)17(19)7-8-18(19)21-20/h4,6,11,15-17H,3,5,7-10,20H2,1-2H3/b21-18-/t15-,16-,17-,19+/m0/s1. The average Bonchev–Trinajstić information content (AvgIpc) is 2.90. The van der Waals surface area contributed by atoms with Gasteiger partial charge < -0.3 is 10.6 Å². The van der Waals surface area contributed by atoms with E-state index in [-0.39, 0.29) is 5.41 Å². The lowest BCUT2D eigenvalue weighted by atomic mass is 9.55. The molecule has 22 heavy (non-hydrogen) atoms. The molecule has 0 amide bonds. The summed E-state index contributed by atoms with van der Waals surface area (Å²) in [7, 11) is 1.76. The molecule has 0 heterocycles. The van der Waals surface area contributed by atoms with Crippen molar-refractivity contribution in [2.45, 2.75) is 51.4 Å². The van der Waals surface area contributed by atoms with E-state index in [0.717, 1.165) is 29.9 Å². The minimum Gasteiger partial charge on any atom is -0.497 e. The first-order valence-corrected chi connectivity index (χ1v) is 8.61. The molecule has 2 fully saturated rings. The number of aryl methyl sites for hydroxylation is 1. The number of hydrogen-bond donors (Lipinski definition) is 1. The molecule has 0 aromatic heterocycles. The van der Waals surface area contributed by atoms with Gasteiger partial charge in [0.05, 0.1) is 7.11 Å². The van der Waals surface area contributed by atoms with Crippen LogP contribution in [0.4, 0.5) is 0 Å². The number of hydrazone groups is 1. The van der Waals surface area contributed by atoms with Crippen LogP contribution in [0, 0.1) is 17.3 Å². The molecule has 1 aromatic carbocycles. The first kappa shape index (κ1) is 14.1. The second-order valence-corrected chi connectivity index (χ2v) is 7.55. The Balaban J connectivity index is 1.69. The summed E-state index contributed by atoms with van der Waals surface area (Å²) >= 11 is 0. The maximum atomic E-state index is 5.68. The lowest BCUT2D eigenvalue weighted by Crippen LogP contribution is -2.42. The predicted molar refractivity (Wildman–Crippen MR) is 89.2 cm³/mol. The summed E-state index contributed by atoms with van der Waals surface area (Å²) in [4.78, 5) is 0. The topological polar surface area (TPSA) is 47.6 Å². The molecule has 3 aliphatic rings. The van der Waals surface area contributed by atoms with Gasteiger partial charge in [-0.3, -0.25) is 0 Å². The van der Waals surface area contributed by atoms with E-state index in [1.807, 2.05) is 0 Å². The summed E-state index contributed by atoms with van der Waals surface area (Å²) in [5.41, 5.74) is 4.63. The lowest BCUT2D eigenvalue weighted by Gasteiger charge is -2.49. The summed E-state index contributed by atoms with van der Waals surface area (Å²) in [6.07, 6.45) is 7.39. The van der Waals surface area contributed by atoms with Gasteiger partial charge in [-0.1, -0.05) is 13.0 Å². The summed E-state index contributed by atoms with van der Waals surface area (Å²) < 4.78 is 5.40. The van der Waals surface area contributed by atoms with E-state index in [9.17, 15) is 0 Å². The number of hydrogen-bond acceptors (Lipinski definition) is 3. The largest absolute Gasteiger partial charge is 0.497 e. The second kappa shape index (κ2) is 5.00. The third-order valence-corrected chi connectivity index (χ3v) is 6.83. The molecule has 0 unspecified atom stereocenters. The van der Waals surface area contributed by atoms with Gasteiger partial charge in [0, 0.05) is 11.1 Å². The van der Waals surface area contributed by atoms with Crippen LogP contribution in [0.2, 0.25) is 0 Å². The fourth-order valence-corrected chi connectivity index (χ4v) is 5.69. The van der Waals surface area contributed by atoms with E-state index in [4.69, 9.17) is 10.6 Å². The minimum absolute atomic E-state index is 0.264. The van der Waals surface area contributed by atoms with Gasteiger partial charge in [-0.2, -0.15) is 5.10 Å². The van der Waals surface area contributed by atoms with Gasteiger partial charge in [-0.15, -0.1) is 0 Å². The van der Waals surface area contributed by atoms with Gasteiger partial charge in [-0.05, 0) is 79.5 Å². The van der Waals surface area contributed by atoms with Crippen LogP contribution in [0.25, 0.3) is 0 Å². The Morgan fingerprint density at radius 1 is 1.23 bits per heavy atom. The Labute approximate surface area is 132 Å². The van der Waals surface area contributed by atoms with Crippen LogP contribution in [0.5, 0.6) is 5.75 Å². The zero-order valence-electron chi connectivity index (χ0n) is 13.6. The summed E-state index contributed by atoms with van der Waals surface area (Å²) in [5, 5.41) is 4.15. The van der Waals surface area contributed by atoms with Crippen molar-refractivity contribution in [3.63, 3.8) is 0 Å². The van der Waals surface area contributed by atoms with Crippen molar-refractivity contribution in [3.05, 3.63) is 29.3 Å². The Morgan fingerprint density at radius 2 is 2.09 bits per heavy atom. The SMILES string of the molecule is COc1ccc2c(c1)CC[C@H]1[C@H]2CC[C@@]2(C)/C(=N\N)CC[C@@H]12. The highest BCUT2D eigenvalue weighted by Crippen LogP contribution is 2.59. The van der Waals surface area contributed by atoms with Crippen LogP contribution in [0.1, 0.15) is 56.1 Å². The quantitative estimate of drug-likeness (QED) is 0.632. The van der Waals surface area contributed by atoms with Crippen molar-refractivity contribution in [3.8, 4) is 5.75 Å². The fourth-order valence-electron chi connectivity index (χ4n) is 5.69. The third-order valence-electron chi connectivity index (χ3n) is 6.83. The molecule has 0 radical (unpaired) electrons. The zero-order chi connectivity index (χ0) is 15.3. The maximum Gasteiger partial charge on any atom is 0.119 e. The highest BCUT2D eigenvalue weighted by atomic mass is 16.5. The molecule has 0 bridgehead atoms. The van der Waals surface area contributed by atoms with Gasteiger partial charge in [-0.25, -0.2) is 0 Å². The Bertz CT molecular complexity index is 624. The van der Waals surface area contributed by atoms with Crippen LogP contribution in [-0.4, -0.2) is 12.8 Å². The first-order valence-electron chi connectivity index (χ1n) is 8.61. The highest BCUT2D eigenvalue weighted by molar-refractivity contribution is 5.92. The molecule has 3 heteroatoms. The number of methoxy groups -OCH3 is 1. The van der Waals surface area contributed by atoms with Crippen molar-refractivity contribution >= 4 is 5.71 Å². The monoisotopic (exact) mass is 298 g/mol. The van der Waals surface area contributed by atoms with E-state index in [1.54, 1.807) is 12.7 Å². The van der Waals surface area contributed by atoms with E-state index in [2.05, 4.69) is 30.2 Å². The molecule has 2 N–H and O–H groups in total. The van der Waals surface area contributed by atoms with Crippen LogP contribution < -0.4 is 10.6 Å². The molecular weight excluding hydrogens is 272 g/mol. The molecule has 4 atom stereocenters. The molecular formula is C19H26N2O. The molecule has 118 valence electrons. The Hall–Kier alpha value is -1.51. The van der Waals surface area contributed by atoms with E-state index >= 15 is 0 Å². The summed E-state index contributed by atoms with van der Waals surface area (Å²) in [6, 6.07) is 6.71. The molecule has 0 aliphatic heterocycles. The van der Waals surface area contributed by atoms with Crippen molar-refractivity contribution in [2.75, 3.05) is 7.11 Å². The molecule has 1 aromatic rings. The maximum absolute atomic E-state index is 5.68. The predicted octanol–water partition coefficient (Wildman–Crippen LogP) is 3.87. The third kappa shape index (κ3) is 1.84. The van der Waals surface area contributed by atoms with E-state index in [0.29, 0.717) is 0 Å². The van der Waals surface area contributed by atoms with Gasteiger partial charge in [0.25, 0.3) is 0 Å². The van der Waals surface area contributed by atoms with Crippen molar-refractivity contribution < 1.29 is 4.74 Å². The number of fused-ring (bicyclic) bond motifs is 5. The minimum atomic E-state index is 0.264. The normalized spacial score (nSPS) is 38.3.